The summed E-state index contributed by atoms with van der Waals surface area (Å²) in [5, 5.41) is 14.0. The number of ether oxygens (including phenoxy) is 1. The number of aryl methyl sites for hydroxylation is 1. The molecule has 4 rings (SSSR count). The average Bonchev–Trinajstić information content (AvgIpc) is 2.81. The van der Waals surface area contributed by atoms with Gasteiger partial charge in [-0.15, -0.1) is 0 Å². The Morgan fingerprint density at radius 3 is 2.69 bits per heavy atom. The highest BCUT2D eigenvalue weighted by Gasteiger charge is 2.33. The number of benzene rings is 2. The van der Waals surface area contributed by atoms with Crippen molar-refractivity contribution in [1.82, 2.24) is 4.98 Å². The number of aromatic nitrogens is 1. The second-order valence-electron chi connectivity index (χ2n) is 9.78. The fourth-order valence-corrected chi connectivity index (χ4v) is 4.49. The summed E-state index contributed by atoms with van der Waals surface area (Å²) < 4.78 is 18.9. The van der Waals surface area contributed by atoms with Crippen LogP contribution in [0.5, 0.6) is 0 Å². The number of nitro groups is 1. The summed E-state index contributed by atoms with van der Waals surface area (Å²) in [5.41, 5.74) is 2.17. The van der Waals surface area contributed by atoms with E-state index in [1.54, 1.807) is 0 Å². The van der Waals surface area contributed by atoms with Crippen LogP contribution in [0.1, 0.15) is 48.8 Å². The molecule has 0 saturated heterocycles. The molecule has 0 aliphatic heterocycles. The molecule has 1 unspecified atom stereocenters. The third kappa shape index (κ3) is 5.13. The first-order valence-electron chi connectivity index (χ1n) is 11.4. The van der Waals surface area contributed by atoms with Crippen LogP contribution in [-0.4, -0.2) is 28.4 Å². The predicted molar refractivity (Wildman–Crippen MR) is 129 cm³/mol. The van der Waals surface area contributed by atoms with Crippen molar-refractivity contribution in [3.05, 3.63) is 75.2 Å². The number of nitrogens with one attached hydrogen (secondary N) is 1. The topological polar surface area (TPSA) is 111 Å². The fraction of sp³-hybridized carbons (Fsp3) is 0.346. The summed E-state index contributed by atoms with van der Waals surface area (Å²) >= 11 is 0. The molecule has 1 aliphatic carbocycles. The van der Waals surface area contributed by atoms with Gasteiger partial charge in [-0.2, -0.15) is 4.39 Å². The molecule has 1 aromatic heterocycles. The predicted octanol–water partition coefficient (Wildman–Crippen LogP) is 5.23. The molecule has 8 nitrogen and oxygen atoms in total. The van der Waals surface area contributed by atoms with E-state index in [0.29, 0.717) is 28.8 Å². The number of para-hydroxylation sites is 1. The second kappa shape index (κ2) is 9.40. The van der Waals surface area contributed by atoms with Crippen molar-refractivity contribution >= 4 is 34.2 Å². The maximum atomic E-state index is 13.5. The third-order valence-corrected chi connectivity index (χ3v) is 6.45. The van der Waals surface area contributed by atoms with Crippen molar-refractivity contribution in [2.75, 3.05) is 11.9 Å². The van der Waals surface area contributed by atoms with Gasteiger partial charge in [0.1, 0.15) is 0 Å². The van der Waals surface area contributed by atoms with Crippen molar-refractivity contribution in [2.24, 2.45) is 11.3 Å². The number of rotatable bonds is 5. The summed E-state index contributed by atoms with van der Waals surface area (Å²) in [6.45, 7) is 5.94. The number of esters is 1. The van der Waals surface area contributed by atoms with E-state index in [0.717, 1.165) is 36.2 Å². The Bertz CT molecular complexity index is 1330. The average molecular weight is 480 g/mol. The highest BCUT2D eigenvalue weighted by molar-refractivity contribution is 6.06. The van der Waals surface area contributed by atoms with E-state index in [9.17, 15) is 24.1 Å². The first-order chi connectivity index (χ1) is 16.5. The molecule has 9 heteroatoms. The maximum Gasteiger partial charge on any atom is 0.339 e. The third-order valence-electron chi connectivity index (χ3n) is 6.45. The van der Waals surface area contributed by atoms with Gasteiger partial charge in [0, 0.05) is 22.8 Å². The molecule has 3 aromatic rings. The monoisotopic (exact) mass is 479 g/mol. The van der Waals surface area contributed by atoms with Crippen LogP contribution in [0.2, 0.25) is 0 Å². The van der Waals surface area contributed by atoms with Crippen LogP contribution < -0.4 is 5.32 Å². The van der Waals surface area contributed by atoms with Gasteiger partial charge in [0.2, 0.25) is 5.82 Å². The molecule has 1 N–H and O–H groups in total. The zero-order chi connectivity index (χ0) is 25.3. The van der Waals surface area contributed by atoms with Crippen molar-refractivity contribution < 1.29 is 23.6 Å². The SMILES string of the molecule is CC(C)(C)C1CCc2nc3ccccc3c(C(=O)OCC(=O)Nc3ccc(F)c([N+](=O)[O-])c3)c2C1. The van der Waals surface area contributed by atoms with E-state index in [1.807, 2.05) is 24.3 Å². The zero-order valence-corrected chi connectivity index (χ0v) is 19.8. The normalized spacial score (nSPS) is 15.4. The van der Waals surface area contributed by atoms with Crippen molar-refractivity contribution in [1.29, 1.82) is 0 Å². The molecule has 0 bridgehead atoms. The van der Waals surface area contributed by atoms with E-state index in [4.69, 9.17) is 9.72 Å². The minimum Gasteiger partial charge on any atom is -0.452 e. The van der Waals surface area contributed by atoms with Gasteiger partial charge in [-0.25, -0.2) is 4.79 Å². The Kier molecular flexibility index (Phi) is 6.51. The van der Waals surface area contributed by atoms with Gasteiger partial charge in [0.25, 0.3) is 5.91 Å². The molecular formula is C26H26FN3O5. The molecule has 1 amide bonds. The van der Waals surface area contributed by atoms with Crippen molar-refractivity contribution in [3.63, 3.8) is 0 Å². The summed E-state index contributed by atoms with van der Waals surface area (Å²) in [6, 6.07) is 10.3. The highest BCUT2D eigenvalue weighted by atomic mass is 19.1. The molecule has 0 fully saturated rings. The number of anilines is 1. The van der Waals surface area contributed by atoms with Crippen LogP contribution in [0.15, 0.2) is 42.5 Å². The summed E-state index contributed by atoms with van der Waals surface area (Å²) in [4.78, 5) is 40.5. The Labute approximate surface area is 201 Å². The van der Waals surface area contributed by atoms with Crippen LogP contribution in [0.25, 0.3) is 10.9 Å². The summed E-state index contributed by atoms with van der Waals surface area (Å²) in [6.07, 6.45) is 2.42. The Morgan fingerprint density at radius 2 is 1.97 bits per heavy atom. The molecule has 0 radical (unpaired) electrons. The number of nitrogens with zero attached hydrogens (tertiary/aromatic N) is 2. The Hall–Kier alpha value is -3.88. The lowest BCUT2D eigenvalue weighted by Gasteiger charge is -2.35. The number of hydrogen-bond donors (Lipinski definition) is 1. The van der Waals surface area contributed by atoms with E-state index < -0.39 is 34.9 Å². The number of amides is 1. The summed E-state index contributed by atoms with van der Waals surface area (Å²) in [5.74, 6) is -1.97. The van der Waals surface area contributed by atoms with Gasteiger partial charge < -0.3 is 10.1 Å². The molecule has 1 heterocycles. The van der Waals surface area contributed by atoms with Gasteiger partial charge in [0.05, 0.1) is 16.0 Å². The zero-order valence-electron chi connectivity index (χ0n) is 19.8. The standard InChI is InChI=1S/C26H26FN3O5/c1-26(2,3)15-8-11-21-18(12-15)24(17-6-4-5-7-20(17)29-21)25(32)35-14-23(31)28-16-9-10-19(27)22(13-16)30(33)34/h4-7,9-10,13,15H,8,11-12,14H2,1-3H3,(H,28,31). The van der Waals surface area contributed by atoms with E-state index in [1.165, 1.54) is 6.07 Å². The molecule has 1 atom stereocenters. The van der Waals surface area contributed by atoms with Crippen LogP contribution in [0.3, 0.4) is 0 Å². The maximum absolute atomic E-state index is 13.5. The number of halogens is 1. The fourth-order valence-electron chi connectivity index (χ4n) is 4.49. The number of carbonyl (C=O) groups excluding carboxylic acids is 2. The number of hydrogen-bond acceptors (Lipinski definition) is 6. The smallest absolute Gasteiger partial charge is 0.339 e. The van der Waals surface area contributed by atoms with Gasteiger partial charge in [-0.3, -0.25) is 19.9 Å². The molecule has 182 valence electrons. The Balaban J connectivity index is 1.57. The van der Waals surface area contributed by atoms with E-state index in [-0.39, 0.29) is 11.1 Å². The lowest BCUT2D eigenvalue weighted by atomic mass is 9.70. The quantitative estimate of drug-likeness (QED) is 0.305. The van der Waals surface area contributed by atoms with Crippen LogP contribution >= 0.6 is 0 Å². The molecule has 2 aromatic carbocycles. The lowest BCUT2D eigenvalue weighted by Crippen LogP contribution is -2.29. The lowest BCUT2D eigenvalue weighted by molar-refractivity contribution is -0.387. The largest absolute Gasteiger partial charge is 0.452 e. The minimum absolute atomic E-state index is 0.0268. The first kappa shape index (κ1) is 24.3. The summed E-state index contributed by atoms with van der Waals surface area (Å²) in [7, 11) is 0. The van der Waals surface area contributed by atoms with Gasteiger partial charge in [-0.1, -0.05) is 39.0 Å². The van der Waals surface area contributed by atoms with Crippen molar-refractivity contribution in [3.8, 4) is 0 Å². The van der Waals surface area contributed by atoms with Crippen LogP contribution in [-0.2, 0) is 22.4 Å². The number of nitro benzene ring substituents is 1. The van der Waals surface area contributed by atoms with Gasteiger partial charge in [0.15, 0.2) is 6.61 Å². The number of pyridine rings is 1. The van der Waals surface area contributed by atoms with Crippen LogP contribution in [0.4, 0.5) is 15.8 Å². The molecule has 1 aliphatic rings. The molecule has 0 spiro atoms. The molecule has 0 saturated carbocycles. The second-order valence-corrected chi connectivity index (χ2v) is 9.78. The van der Waals surface area contributed by atoms with E-state index in [2.05, 4.69) is 26.1 Å². The van der Waals surface area contributed by atoms with Crippen LogP contribution in [0, 0.1) is 27.3 Å². The van der Waals surface area contributed by atoms with Gasteiger partial charge >= 0.3 is 11.7 Å². The first-order valence-corrected chi connectivity index (χ1v) is 11.4. The molecular weight excluding hydrogens is 453 g/mol. The van der Waals surface area contributed by atoms with Crippen molar-refractivity contribution in [2.45, 2.75) is 40.0 Å². The molecule has 35 heavy (non-hydrogen) atoms. The Morgan fingerprint density at radius 1 is 1.23 bits per heavy atom. The highest BCUT2D eigenvalue weighted by Crippen LogP contribution is 2.39. The number of fused-ring (bicyclic) bond motifs is 2. The minimum atomic E-state index is -1.01. The van der Waals surface area contributed by atoms with Gasteiger partial charge in [-0.05, 0) is 54.4 Å². The van der Waals surface area contributed by atoms with E-state index >= 15 is 0 Å². The number of carbonyl (C=O) groups is 2.